The summed E-state index contributed by atoms with van der Waals surface area (Å²) in [6.45, 7) is 21.5. The molecule has 27 heavy (non-hydrogen) atoms. The Kier molecular flexibility index (Phi) is 5.89. The van der Waals surface area contributed by atoms with Crippen molar-refractivity contribution in [1.82, 2.24) is 4.57 Å². The van der Waals surface area contributed by atoms with E-state index < -0.39 is 7.29 Å². The topological polar surface area (TPSA) is 25.9 Å². The van der Waals surface area contributed by atoms with Gasteiger partial charge in [-0.3, -0.25) is 4.57 Å². The Hall–Kier alpha value is -1.34. The number of para-hydroxylation sites is 1. The van der Waals surface area contributed by atoms with Crippen LogP contribution in [-0.4, -0.2) is 14.9 Å². The number of imidazole rings is 1. The molecule has 0 radical (unpaired) electrons. The zero-order valence-corrected chi connectivity index (χ0v) is 19.8. The lowest BCUT2D eigenvalue weighted by atomic mass is 9.92. The van der Waals surface area contributed by atoms with Crippen molar-refractivity contribution in [2.24, 2.45) is 0 Å². The molecule has 0 bridgehead atoms. The van der Waals surface area contributed by atoms with Crippen LogP contribution in [0.1, 0.15) is 92.2 Å². The Labute approximate surface area is 166 Å². The second-order valence-electron chi connectivity index (χ2n) is 10.2. The highest BCUT2D eigenvalue weighted by atomic mass is 31.2. The first-order chi connectivity index (χ1) is 12.2. The van der Waals surface area contributed by atoms with Gasteiger partial charge >= 0.3 is 0 Å². The lowest BCUT2D eigenvalue weighted by molar-refractivity contribution is -0.523. The van der Waals surface area contributed by atoms with Crippen LogP contribution in [0.2, 0.25) is 0 Å². The van der Waals surface area contributed by atoms with Crippen LogP contribution in [0.25, 0.3) is 5.69 Å². The van der Waals surface area contributed by atoms with Crippen LogP contribution in [0, 0.1) is 0 Å². The van der Waals surface area contributed by atoms with Crippen LogP contribution >= 0.6 is 7.29 Å². The van der Waals surface area contributed by atoms with Gasteiger partial charge in [-0.2, -0.15) is 4.34 Å². The average Bonchev–Trinajstić information content (AvgIpc) is 3.00. The molecule has 0 atom stereocenters. The van der Waals surface area contributed by atoms with Crippen molar-refractivity contribution in [2.75, 3.05) is 0 Å². The van der Waals surface area contributed by atoms with E-state index in [-0.39, 0.29) is 10.3 Å². The quantitative estimate of drug-likeness (QED) is 0.532. The molecule has 3 nitrogen and oxygen atoms in total. The molecular formula is C23H38N2OP+. The fraction of sp³-hybridized carbons (Fsp3) is 0.609. The number of hydrogen-bond donors (Lipinski definition) is 0. The molecule has 4 heteroatoms. The summed E-state index contributed by atoms with van der Waals surface area (Å²) in [7, 11) is -2.72. The maximum absolute atomic E-state index is 14.3. The Morgan fingerprint density at radius 3 is 1.70 bits per heavy atom. The van der Waals surface area contributed by atoms with Gasteiger partial charge < -0.3 is 0 Å². The second kappa shape index (κ2) is 7.24. The molecule has 1 heterocycles. The van der Waals surface area contributed by atoms with Crippen molar-refractivity contribution in [3.63, 3.8) is 0 Å². The third kappa shape index (κ3) is 3.81. The first-order valence-electron chi connectivity index (χ1n) is 10.1. The summed E-state index contributed by atoms with van der Waals surface area (Å²) >= 11 is 0. The van der Waals surface area contributed by atoms with Gasteiger partial charge in [0, 0.05) is 11.1 Å². The predicted molar refractivity (Wildman–Crippen MR) is 117 cm³/mol. The van der Waals surface area contributed by atoms with Gasteiger partial charge in [-0.25, -0.2) is 4.57 Å². The summed E-state index contributed by atoms with van der Waals surface area (Å²) in [6.07, 6.45) is 6.11. The van der Waals surface area contributed by atoms with E-state index in [2.05, 4.69) is 98.2 Å². The van der Waals surface area contributed by atoms with Gasteiger partial charge in [-0.15, -0.1) is 0 Å². The van der Waals surface area contributed by atoms with Gasteiger partial charge in [0.15, 0.2) is 0 Å². The normalized spacial score (nSPS) is 13.6. The summed E-state index contributed by atoms with van der Waals surface area (Å²) in [5.41, 5.74) is 3.88. The molecule has 150 valence electrons. The molecular weight excluding hydrogens is 351 g/mol. The van der Waals surface area contributed by atoms with Gasteiger partial charge in [0.25, 0.3) is 13.6 Å². The monoisotopic (exact) mass is 389 g/mol. The maximum atomic E-state index is 14.3. The zero-order chi connectivity index (χ0) is 20.8. The van der Waals surface area contributed by atoms with Crippen molar-refractivity contribution < 1.29 is 8.90 Å². The lowest BCUT2D eigenvalue weighted by Gasteiger charge is -2.37. The van der Waals surface area contributed by atoms with Gasteiger partial charge in [0.05, 0.1) is 10.3 Å². The smallest absolute Gasteiger partial charge is 0.261 e. The van der Waals surface area contributed by atoms with Crippen LogP contribution in [0.4, 0.5) is 0 Å². The average molecular weight is 390 g/mol. The van der Waals surface area contributed by atoms with E-state index in [1.54, 1.807) is 0 Å². The standard InChI is InChI=1S/C23H38N2OP/c1-17(2)19-12-11-13-20(18(3)4)21(19)24-14-15-25(16-24)27(26,22(5,6)7)23(8,9)10/h11-18H,1-10H3/q+1. The fourth-order valence-electron chi connectivity index (χ4n) is 4.15. The number of rotatable bonds is 4. The van der Waals surface area contributed by atoms with Crippen molar-refractivity contribution in [2.45, 2.75) is 91.4 Å². The summed E-state index contributed by atoms with van der Waals surface area (Å²) in [4.78, 5) is 0. The highest BCUT2D eigenvalue weighted by Gasteiger charge is 2.52. The number of aromatic nitrogens is 2. The summed E-state index contributed by atoms with van der Waals surface area (Å²) in [6, 6.07) is 6.58. The zero-order valence-electron chi connectivity index (χ0n) is 18.9. The minimum absolute atomic E-state index is 0.319. The van der Waals surface area contributed by atoms with Gasteiger partial charge in [0.2, 0.25) is 0 Å². The molecule has 2 aromatic rings. The van der Waals surface area contributed by atoms with E-state index in [4.69, 9.17) is 0 Å². The van der Waals surface area contributed by atoms with Crippen LogP contribution in [0.15, 0.2) is 36.9 Å². The third-order valence-electron chi connectivity index (χ3n) is 5.37. The highest BCUT2D eigenvalue weighted by Crippen LogP contribution is 2.62. The molecule has 0 spiro atoms. The van der Waals surface area contributed by atoms with Crippen molar-refractivity contribution in [1.29, 1.82) is 0 Å². The molecule has 1 aromatic heterocycles. The molecule has 1 aromatic carbocycles. The third-order valence-corrected chi connectivity index (χ3v) is 9.89. The predicted octanol–water partition coefficient (Wildman–Crippen LogP) is 6.73. The highest BCUT2D eigenvalue weighted by molar-refractivity contribution is 7.60. The van der Waals surface area contributed by atoms with Crippen LogP contribution < -0.4 is 4.34 Å². The van der Waals surface area contributed by atoms with Gasteiger partial charge in [-0.1, -0.05) is 45.9 Å². The minimum atomic E-state index is -2.72. The lowest BCUT2D eigenvalue weighted by Crippen LogP contribution is -2.46. The molecule has 0 N–H and O–H groups in total. The number of hydrogen-bond acceptors (Lipinski definition) is 1. The van der Waals surface area contributed by atoms with E-state index in [1.165, 1.54) is 16.8 Å². The summed E-state index contributed by atoms with van der Waals surface area (Å²) in [5, 5.41) is -0.638. The maximum Gasteiger partial charge on any atom is 0.261 e. The molecule has 0 aliphatic rings. The number of benzene rings is 1. The van der Waals surface area contributed by atoms with Gasteiger partial charge in [-0.05, 0) is 53.4 Å². The molecule has 0 aliphatic heterocycles. The Morgan fingerprint density at radius 1 is 0.889 bits per heavy atom. The summed E-state index contributed by atoms with van der Waals surface area (Å²) < 4.78 is 18.5. The van der Waals surface area contributed by atoms with Crippen LogP contribution in [0.5, 0.6) is 0 Å². The molecule has 0 saturated carbocycles. The van der Waals surface area contributed by atoms with Gasteiger partial charge in [0.1, 0.15) is 18.1 Å². The molecule has 0 aliphatic carbocycles. The van der Waals surface area contributed by atoms with E-state index in [9.17, 15) is 4.57 Å². The molecule has 2 rings (SSSR count). The molecule has 0 unspecified atom stereocenters. The van der Waals surface area contributed by atoms with Crippen molar-refractivity contribution in [3.8, 4) is 5.69 Å². The molecule has 0 amide bonds. The Balaban J connectivity index is 2.74. The van der Waals surface area contributed by atoms with E-state index in [0.717, 1.165) is 0 Å². The largest absolute Gasteiger partial charge is 0.273 e. The number of nitrogens with zero attached hydrogens (tertiary/aromatic N) is 2. The molecule has 0 fully saturated rings. The Bertz CT molecular complexity index is 804. The first kappa shape index (κ1) is 22.0. The first-order valence-corrected chi connectivity index (χ1v) is 11.7. The van der Waals surface area contributed by atoms with E-state index in [0.29, 0.717) is 11.8 Å². The van der Waals surface area contributed by atoms with E-state index in [1.807, 2.05) is 16.9 Å². The van der Waals surface area contributed by atoms with E-state index >= 15 is 0 Å². The SMILES string of the molecule is CC(C)c1cccc(C(C)C)c1-n1cc[n+](P(=O)(C(C)(C)C)C(C)(C)C)c1. The summed E-state index contributed by atoms with van der Waals surface area (Å²) in [5.74, 6) is 0.846. The van der Waals surface area contributed by atoms with Crippen molar-refractivity contribution >= 4 is 7.29 Å². The Morgan fingerprint density at radius 2 is 1.33 bits per heavy atom. The molecule has 0 saturated heterocycles. The minimum Gasteiger partial charge on any atom is -0.273 e. The fourth-order valence-corrected chi connectivity index (χ4v) is 8.05. The van der Waals surface area contributed by atoms with Crippen molar-refractivity contribution in [3.05, 3.63) is 48.0 Å². The second-order valence-corrected chi connectivity index (χ2v) is 14.5. The van der Waals surface area contributed by atoms with Crippen LogP contribution in [-0.2, 0) is 4.57 Å². The van der Waals surface area contributed by atoms with Crippen LogP contribution in [0.3, 0.4) is 0 Å².